The topological polar surface area (TPSA) is 164 Å². The van der Waals surface area contributed by atoms with Crippen molar-refractivity contribution in [2.45, 2.75) is 6.92 Å². The van der Waals surface area contributed by atoms with Gasteiger partial charge in [-0.05, 0) is 31.2 Å². The fourth-order valence-electron chi connectivity index (χ4n) is 1.89. The van der Waals surface area contributed by atoms with E-state index in [4.69, 9.17) is 20.9 Å². The summed E-state index contributed by atoms with van der Waals surface area (Å²) in [6.45, 7) is 1.36. The Kier molecular flexibility index (Phi) is 7.66. The maximum Gasteiger partial charge on any atom is 0.511 e. The number of rotatable bonds is 8. The van der Waals surface area contributed by atoms with Crippen LogP contribution in [0.2, 0.25) is 0 Å². The molecule has 0 saturated carbocycles. The molecular formula is C17H20N6O5. The number of pyridine rings is 1. The summed E-state index contributed by atoms with van der Waals surface area (Å²) in [4.78, 5) is 26.5. The van der Waals surface area contributed by atoms with Gasteiger partial charge in [0.1, 0.15) is 17.2 Å². The highest BCUT2D eigenvalue weighted by molar-refractivity contribution is 5.91. The number of amides is 1. The summed E-state index contributed by atoms with van der Waals surface area (Å²) in [7, 11) is 0. The van der Waals surface area contributed by atoms with Gasteiger partial charge in [0.15, 0.2) is 11.6 Å². The number of benzene rings is 1. The van der Waals surface area contributed by atoms with Crippen molar-refractivity contribution < 1.29 is 23.8 Å². The second-order valence-electron chi connectivity index (χ2n) is 5.11. The van der Waals surface area contributed by atoms with Crippen LogP contribution >= 0.6 is 0 Å². The van der Waals surface area contributed by atoms with E-state index in [-0.39, 0.29) is 31.6 Å². The van der Waals surface area contributed by atoms with Crippen LogP contribution in [0, 0.1) is 0 Å². The highest BCUT2D eigenvalue weighted by atomic mass is 16.8. The molecule has 0 bridgehead atoms. The van der Waals surface area contributed by atoms with Crippen molar-refractivity contribution in [3.8, 4) is 5.75 Å². The number of nitrogens with zero attached hydrogens (tertiary/aromatic N) is 3. The van der Waals surface area contributed by atoms with Gasteiger partial charge in [0.25, 0.3) is 0 Å². The van der Waals surface area contributed by atoms with E-state index in [1.807, 2.05) is 0 Å². The molecule has 1 aromatic heterocycles. The summed E-state index contributed by atoms with van der Waals surface area (Å²) in [5, 5.41) is 10.6. The highest BCUT2D eigenvalue weighted by Gasteiger charge is 2.07. The van der Waals surface area contributed by atoms with Crippen molar-refractivity contribution in [1.29, 1.82) is 0 Å². The smallest absolute Gasteiger partial charge is 0.455 e. The molecule has 1 aromatic carbocycles. The fourth-order valence-corrected chi connectivity index (χ4v) is 1.89. The third-order valence-corrected chi connectivity index (χ3v) is 3.14. The van der Waals surface area contributed by atoms with Crippen LogP contribution in [0.4, 0.5) is 27.8 Å². The van der Waals surface area contributed by atoms with Crippen molar-refractivity contribution in [3.63, 3.8) is 0 Å². The molecule has 0 spiro atoms. The second-order valence-corrected chi connectivity index (χ2v) is 5.11. The quantitative estimate of drug-likeness (QED) is 0.352. The van der Waals surface area contributed by atoms with Gasteiger partial charge >= 0.3 is 6.16 Å². The Morgan fingerprint density at radius 2 is 1.86 bits per heavy atom. The van der Waals surface area contributed by atoms with Crippen LogP contribution in [0.1, 0.15) is 6.92 Å². The number of ether oxygens (including phenoxy) is 3. The molecule has 0 unspecified atom stereocenters. The Morgan fingerprint density at radius 3 is 2.57 bits per heavy atom. The number of aromatic nitrogens is 1. The number of hydrogen-bond donors (Lipinski definition) is 3. The third kappa shape index (κ3) is 6.21. The van der Waals surface area contributed by atoms with Crippen molar-refractivity contribution in [3.05, 3.63) is 36.4 Å². The molecule has 11 nitrogen and oxygen atoms in total. The standard InChI is InChI=1S/C17H20N6O5/c1-2-26-17(25)28-10-27-13-6-4-3-5-11(13)22-23-12-7-8-14(21-16(12)19)20-15(24)9-18/h3-8H,2,9-10,18H2,1H3,(H3,19,20,21,24)/b23-22+. The van der Waals surface area contributed by atoms with E-state index in [9.17, 15) is 9.59 Å². The first-order valence-electron chi connectivity index (χ1n) is 8.23. The lowest BCUT2D eigenvalue weighted by molar-refractivity contribution is -0.114. The molecule has 0 saturated heterocycles. The normalized spacial score (nSPS) is 10.5. The first kappa shape index (κ1) is 20.6. The van der Waals surface area contributed by atoms with Crippen LogP contribution < -0.4 is 21.5 Å². The first-order valence-corrected chi connectivity index (χ1v) is 8.23. The number of azo groups is 1. The predicted molar refractivity (Wildman–Crippen MR) is 101 cm³/mol. The van der Waals surface area contributed by atoms with Crippen LogP contribution in [-0.4, -0.2) is 37.0 Å². The Morgan fingerprint density at radius 1 is 1.11 bits per heavy atom. The van der Waals surface area contributed by atoms with Gasteiger partial charge in [0, 0.05) is 0 Å². The molecule has 2 aromatic rings. The summed E-state index contributed by atoms with van der Waals surface area (Å²) in [6.07, 6.45) is -0.831. The van der Waals surface area contributed by atoms with E-state index in [1.54, 1.807) is 37.3 Å². The molecule has 1 amide bonds. The maximum atomic E-state index is 11.3. The van der Waals surface area contributed by atoms with Crippen LogP contribution in [0.15, 0.2) is 46.6 Å². The average Bonchev–Trinajstić information content (AvgIpc) is 2.68. The molecule has 0 radical (unpaired) electrons. The molecule has 0 aliphatic rings. The van der Waals surface area contributed by atoms with Gasteiger partial charge in [0.2, 0.25) is 12.7 Å². The summed E-state index contributed by atoms with van der Waals surface area (Å²) in [6, 6.07) is 9.82. The molecule has 28 heavy (non-hydrogen) atoms. The second kappa shape index (κ2) is 10.4. The van der Waals surface area contributed by atoms with E-state index in [0.29, 0.717) is 17.1 Å². The lowest BCUT2D eigenvalue weighted by atomic mass is 10.3. The zero-order chi connectivity index (χ0) is 20.4. The molecule has 2 rings (SSSR count). The van der Waals surface area contributed by atoms with E-state index in [0.717, 1.165) is 0 Å². The van der Waals surface area contributed by atoms with Crippen molar-refractivity contribution >= 4 is 35.1 Å². The minimum atomic E-state index is -0.831. The van der Waals surface area contributed by atoms with Crippen LogP contribution in [0.5, 0.6) is 5.75 Å². The van der Waals surface area contributed by atoms with E-state index >= 15 is 0 Å². The number of para-hydroxylation sites is 1. The van der Waals surface area contributed by atoms with Gasteiger partial charge in [-0.15, -0.1) is 10.2 Å². The van der Waals surface area contributed by atoms with Crippen LogP contribution in [0.3, 0.4) is 0 Å². The summed E-state index contributed by atoms with van der Waals surface area (Å²) in [5.74, 6) is 0.278. The summed E-state index contributed by atoms with van der Waals surface area (Å²) >= 11 is 0. The third-order valence-electron chi connectivity index (χ3n) is 3.14. The molecular weight excluding hydrogens is 368 g/mol. The van der Waals surface area contributed by atoms with Gasteiger partial charge in [-0.3, -0.25) is 4.79 Å². The maximum absolute atomic E-state index is 11.3. The largest absolute Gasteiger partial charge is 0.511 e. The van der Waals surface area contributed by atoms with Crippen LogP contribution in [-0.2, 0) is 14.3 Å². The minimum absolute atomic E-state index is 0.0719. The number of nitrogen functional groups attached to an aromatic ring is 1. The lowest BCUT2D eigenvalue weighted by Crippen LogP contribution is -2.22. The molecule has 0 atom stereocenters. The molecule has 0 aliphatic carbocycles. The Labute approximate surface area is 160 Å². The Balaban J connectivity index is 2.05. The van der Waals surface area contributed by atoms with Gasteiger partial charge < -0.3 is 31.0 Å². The number of carbonyl (C=O) groups is 2. The van der Waals surface area contributed by atoms with Gasteiger partial charge in [0.05, 0.1) is 13.2 Å². The molecule has 0 fully saturated rings. The number of nitrogens with two attached hydrogens (primary N) is 2. The van der Waals surface area contributed by atoms with Gasteiger partial charge in [-0.1, -0.05) is 12.1 Å². The zero-order valence-corrected chi connectivity index (χ0v) is 15.1. The molecule has 0 aliphatic heterocycles. The van der Waals surface area contributed by atoms with Crippen molar-refractivity contribution in [1.82, 2.24) is 4.98 Å². The monoisotopic (exact) mass is 388 g/mol. The number of carbonyl (C=O) groups excluding carboxylic acids is 2. The van der Waals surface area contributed by atoms with Crippen LogP contribution in [0.25, 0.3) is 0 Å². The molecule has 1 heterocycles. The average molecular weight is 388 g/mol. The molecule has 5 N–H and O–H groups in total. The summed E-state index contributed by atoms with van der Waals surface area (Å²) < 4.78 is 14.7. The number of hydrogen-bond acceptors (Lipinski definition) is 10. The van der Waals surface area contributed by atoms with Gasteiger partial charge in [-0.25, -0.2) is 9.78 Å². The minimum Gasteiger partial charge on any atom is -0.455 e. The lowest BCUT2D eigenvalue weighted by Gasteiger charge is -2.08. The summed E-state index contributed by atoms with van der Waals surface area (Å²) in [5.41, 5.74) is 11.7. The Hall–Kier alpha value is -3.73. The first-order chi connectivity index (χ1) is 13.5. The predicted octanol–water partition coefficient (Wildman–Crippen LogP) is 2.49. The highest BCUT2D eigenvalue weighted by Crippen LogP contribution is 2.30. The van der Waals surface area contributed by atoms with E-state index < -0.39 is 12.1 Å². The molecule has 148 valence electrons. The number of anilines is 2. The van der Waals surface area contributed by atoms with Crippen molar-refractivity contribution in [2.75, 3.05) is 31.0 Å². The van der Waals surface area contributed by atoms with Gasteiger partial charge in [-0.2, -0.15) is 0 Å². The Bertz CT molecular complexity index is 858. The van der Waals surface area contributed by atoms with E-state index in [1.165, 1.54) is 6.07 Å². The zero-order valence-electron chi connectivity index (χ0n) is 15.1. The molecule has 11 heteroatoms. The fraction of sp³-hybridized carbons (Fsp3) is 0.235. The SMILES string of the molecule is CCOC(=O)OCOc1ccccc1/N=N/c1ccc(NC(=O)CN)nc1N. The van der Waals surface area contributed by atoms with E-state index in [2.05, 4.69) is 25.3 Å². The number of nitrogens with one attached hydrogen (secondary N) is 1. The van der Waals surface area contributed by atoms with Crippen molar-refractivity contribution in [2.24, 2.45) is 16.0 Å².